The van der Waals surface area contributed by atoms with Crippen LogP contribution in [-0.4, -0.2) is 45.8 Å². The predicted molar refractivity (Wildman–Crippen MR) is 106 cm³/mol. The molecule has 4 rings (SSSR count). The topological polar surface area (TPSA) is 85.4 Å². The summed E-state index contributed by atoms with van der Waals surface area (Å²) in [5, 5.41) is 11.2. The van der Waals surface area contributed by atoms with Crippen molar-refractivity contribution in [2.45, 2.75) is 32.7 Å². The molecule has 31 heavy (non-hydrogen) atoms. The van der Waals surface area contributed by atoms with Gasteiger partial charge in [0.1, 0.15) is 29.8 Å². The van der Waals surface area contributed by atoms with Crippen LogP contribution in [-0.2, 0) is 37.4 Å². The van der Waals surface area contributed by atoms with E-state index in [4.69, 9.17) is 9.15 Å². The first-order chi connectivity index (χ1) is 15.0. The number of nitrogens with one attached hydrogen (secondary N) is 1. The van der Waals surface area contributed by atoms with Gasteiger partial charge in [0.25, 0.3) is 5.91 Å². The Labute approximate surface area is 177 Å². The summed E-state index contributed by atoms with van der Waals surface area (Å²) in [6, 6.07) is 7.17. The van der Waals surface area contributed by atoms with Crippen molar-refractivity contribution in [1.29, 1.82) is 0 Å². The Morgan fingerprint density at radius 3 is 2.74 bits per heavy atom. The summed E-state index contributed by atoms with van der Waals surface area (Å²) < 4.78 is 40.3. The molecular weight excluding hydrogens is 408 g/mol. The highest BCUT2D eigenvalue weighted by molar-refractivity contribution is 5.91. The van der Waals surface area contributed by atoms with Gasteiger partial charge < -0.3 is 19.0 Å². The van der Waals surface area contributed by atoms with Gasteiger partial charge in [0.05, 0.1) is 6.54 Å². The predicted octanol–water partition coefficient (Wildman–Crippen LogP) is 2.28. The molecule has 1 aromatic carbocycles. The van der Waals surface area contributed by atoms with Gasteiger partial charge in [-0.25, -0.2) is 8.78 Å². The van der Waals surface area contributed by atoms with E-state index in [-0.39, 0.29) is 36.9 Å². The van der Waals surface area contributed by atoms with Crippen molar-refractivity contribution >= 4 is 5.91 Å². The quantitative estimate of drug-likeness (QED) is 0.618. The average Bonchev–Trinajstić information content (AvgIpc) is 3.33. The number of carbonyl (C=O) groups excluding carboxylic acids is 1. The first-order valence-electron chi connectivity index (χ1n) is 9.97. The maximum Gasteiger partial charge on any atom is 0.287 e. The van der Waals surface area contributed by atoms with Gasteiger partial charge in [-0.1, -0.05) is 6.07 Å². The second kappa shape index (κ2) is 9.36. The van der Waals surface area contributed by atoms with E-state index in [1.807, 2.05) is 9.47 Å². The van der Waals surface area contributed by atoms with Crippen LogP contribution in [0.15, 0.2) is 34.7 Å². The highest BCUT2D eigenvalue weighted by Gasteiger charge is 2.21. The van der Waals surface area contributed by atoms with Crippen LogP contribution >= 0.6 is 0 Å². The fraction of sp³-hybridized carbons (Fsp3) is 0.381. The summed E-state index contributed by atoms with van der Waals surface area (Å²) in [4.78, 5) is 14.3. The van der Waals surface area contributed by atoms with Gasteiger partial charge in [-0.2, -0.15) is 0 Å². The lowest BCUT2D eigenvalue weighted by atomic mass is 10.2. The maximum absolute atomic E-state index is 14.0. The second-order valence-corrected chi connectivity index (χ2v) is 7.29. The van der Waals surface area contributed by atoms with Gasteiger partial charge in [0.15, 0.2) is 11.6 Å². The number of ether oxygens (including phenoxy) is 1. The van der Waals surface area contributed by atoms with Gasteiger partial charge in [-0.3, -0.25) is 9.69 Å². The third kappa shape index (κ3) is 4.80. The lowest BCUT2D eigenvalue weighted by molar-refractivity contribution is 0.0913. The summed E-state index contributed by atoms with van der Waals surface area (Å²) in [5.41, 5.74) is 0.0685. The normalized spacial score (nSPS) is 14.3. The summed E-state index contributed by atoms with van der Waals surface area (Å²) in [7, 11) is 1.55. The molecule has 1 aliphatic heterocycles. The van der Waals surface area contributed by atoms with E-state index in [1.54, 1.807) is 19.2 Å². The Balaban J connectivity index is 1.37. The summed E-state index contributed by atoms with van der Waals surface area (Å²) in [6.45, 7) is 2.41. The van der Waals surface area contributed by atoms with Crippen LogP contribution in [0.1, 0.15) is 33.5 Å². The second-order valence-electron chi connectivity index (χ2n) is 7.29. The number of nitrogens with zero attached hydrogens (tertiary/aromatic N) is 4. The van der Waals surface area contributed by atoms with E-state index >= 15 is 0 Å². The first kappa shape index (κ1) is 21.1. The lowest BCUT2D eigenvalue weighted by Crippen LogP contribution is -2.28. The fourth-order valence-electron chi connectivity index (χ4n) is 3.59. The zero-order valence-electron chi connectivity index (χ0n) is 17.1. The molecule has 0 saturated heterocycles. The standard InChI is InChI=1S/C21H23F2N5O3/c1-30-13-14-5-6-18(31-14)21(29)24-11-20-26-25-19-7-8-27(9-10-28(19)20)12-15-16(22)3-2-4-17(15)23/h2-6H,7-13H2,1H3,(H,24,29). The van der Waals surface area contributed by atoms with E-state index in [0.717, 1.165) is 5.82 Å². The molecule has 2 aromatic heterocycles. The zero-order chi connectivity index (χ0) is 21.8. The number of hydrogen-bond acceptors (Lipinski definition) is 6. The fourth-order valence-corrected chi connectivity index (χ4v) is 3.59. The van der Waals surface area contributed by atoms with Crippen molar-refractivity contribution < 1.29 is 22.7 Å². The molecule has 0 saturated carbocycles. The van der Waals surface area contributed by atoms with Crippen LogP contribution in [0, 0.1) is 11.6 Å². The van der Waals surface area contributed by atoms with E-state index in [1.165, 1.54) is 18.2 Å². The summed E-state index contributed by atoms with van der Waals surface area (Å²) >= 11 is 0. The molecule has 3 heterocycles. The van der Waals surface area contributed by atoms with Gasteiger partial charge in [-0.05, 0) is 24.3 Å². The van der Waals surface area contributed by atoms with Crippen molar-refractivity contribution in [3.63, 3.8) is 0 Å². The van der Waals surface area contributed by atoms with E-state index in [9.17, 15) is 13.6 Å². The van der Waals surface area contributed by atoms with Crippen molar-refractivity contribution in [1.82, 2.24) is 25.0 Å². The molecule has 0 fully saturated rings. The minimum atomic E-state index is -0.543. The highest BCUT2D eigenvalue weighted by atomic mass is 19.1. The van der Waals surface area contributed by atoms with Gasteiger partial charge in [0, 0.05) is 45.3 Å². The summed E-state index contributed by atoms with van der Waals surface area (Å²) in [6.07, 6.45) is 0.593. The molecule has 8 nitrogen and oxygen atoms in total. The average molecular weight is 431 g/mol. The Morgan fingerprint density at radius 1 is 1.16 bits per heavy atom. The largest absolute Gasteiger partial charge is 0.453 e. The molecule has 0 spiro atoms. The number of benzene rings is 1. The SMILES string of the molecule is COCc1ccc(C(=O)NCc2nnc3n2CCN(Cc2c(F)cccc2F)CC3)o1. The van der Waals surface area contributed by atoms with Gasteiger partial charge in [-0.15, -0.1) is 10.2 Å². The van der Waals surface area contributed by atoms with Crippen LogP contribution in [0.25, 0.3) is 0 Å². The minimum absolute atomic E-state index is 0.0685. The Morgan fingerprint density at radius 2 is 1.97 bits per heavy atom. The molecular formula is C21H23F2N5O3. The number of furan rings is 1. The van der Waals surface area contributed by atoms with E-state index in [0.29, 0.717) is 37.6 Å². The van der Waals surface area contributed by atoms with Gasteiger partial charge >= 0.3 is 0 Å². The molecule has 0 atom stereocenters. The molecule has 1 N–H and O–H groups in total. The molecule has 3 aromatic rings. The van der Waals surface area contributed by atoms with Gasteiger partial charge in [0.2, 0.25) is 0 Å². The minimum Gasteiger partial charge on any atom is -0.453 e. The van der Waals surface area contributed by atoms with Crippen LogP contribution in [0.2, 0.25) is 0 Å². The molecule has 0 bridgehead atoms. The summed E-state index contributed by atoms with van der Waals surface area (Å²) in [5.74, 6) is 0.713. The van der Waals surface area contributed by atoms with Crippen molar-refractivity contribution in [3.8, 4) is 0 Å². The highest BCUT2D eigenvalue weighted by Crippen LogP contribution is 2.17. The number of rotatable bonds is 7. The van der Waals surface area contributed by atoms with Crippen molar-refractivity contribution in [2.75, 3.05) is 20.2 Å². The molecule has 164 valence electrons. The number of carbonyl (C=O) groups is 1. The zero-order valence-corrected chi connectivity index (χ0v) is 17.1. The molecule has 1 aliphatic rings. The number of aromatic nitrogens is 3. The molecule has 0 aliphatic carbocycles. The van der Waals surface area contributed by atoms with E-state index < -0.39 is 11.6 Å². The number of halogens is 2. The van der Waals surface area contributed by atoms with Crippen molar-refractivity contribution in [3.05, 3.63) is 70.7 Å². The molecule has 0 unspecified atom stereocenters. The Kier molecular flexibility index (Phi) is 6.38. The lowest BCUT2D eigenvalue weighted by Gasteiger charge is -2.20. The monoisotopic (exact) mass is 431 g/mol. The number of methoxy groups -OCH3 is 1. The maximum atomic E-state index is 14.0. The van der Waals surface area contributed by atoms with E-state index in [2.05, 4.69) is 15.5 Å². The molecule has 0 radical (unpaired) electrons. The Hall–Kier alpha value is -3.11. The molecule has 1 amide bonds. The first-order valence-corrected chi connectivity index (χ1v) is 9.97. The van der Waals surface area contributed by atoms with Crippen LogP contribution in [0.5, 0.6) is 0 Å². The number of amides is 1. The number of fused-ring (bicyclic) bond motifs is 1. The third-order valence-corrected chi connectivity index (χ3v) is 5.22. The smallest absolute Gasteiger partial charge is 0.287 e. The van der Waals surface area contributed by atoms with Crippen LogP contribution in [0.4, 0.5) is 8.78 Å². The third-order valence-electron chi connectivity index (χ3n) is 5.22. The van der Waals surface area contributed by atoms with Crippen molar-refractivity contribution in [2.24, 2.45) is 0 Å². The van der Waals surface area contributed by atoms with Crippen LogP contribution in [0.3, 0.4) is 0 Å². The number of hydrogen-bond donors (Lipinski definition) is 1. The Bertz CT molecular complexity index is 1040. The molecule has 10 heteroatoms. The van der Waals surface area contributed by atoms with Crippen LogP contribution < -0.4 is 5.32 Å².